The number of hydrogen-bond acceptors (Lipinski definition) is 2. The standard InChI is InChI=1S/C18H20BrNO/c1-13(15-3-2-4-17(19)12-15)20-9-7-14-5-6-18-16(11-14)8-10-21-18/h2-6,11-13,20H,7-10H2,1H3/t13-/m0/s1. The Morgan fingerprint density at radius 2 is 2.14 bits per heavy atom. The molecule has 2 aromatic rings. The normalized spacial score (nSPS) is 14.6. The zero-order chi connectivity index (χ0) is 14.7. The van der Waals surface area contributed by atoms with Crippen LogP contribution in [0.2, 0.25) is 0 Å². The smallest absolute Gasteiger partial charge is 0.122 e. The van der Waals surface area contributed by atoms with Crippen molar-refractivity contribution in [3.8, 4) is 5.75 Å². The highest BCUT2D eigenvalue weighted by atomic mass is 79.9. The first kappa shape index (κ1) is 14.6. The molecule has 2 nitrogen and oxygen atoms in total. The molecule has 0 fully saturated rings. The van der Waals surface area contributed by atoms with E-state index in [9.17, 15) is 0 Å². The molecule has 0 saturated heterocycles. The van der Waals surface area contributed by atoms with Crippen molar-refractivity contribution in [1.29, 1.82) is 0 Å². The van der Waals surface area contributed by atoms with Crippen LogP contribution in [0.3, 0.4) is 0 Å². The maximum atomic E-state index is 5.55. The molecule has 110 valence electrons. The molecule has 21 heavy (non-hydrogen) atoms. The monoisotopic (exact) mass is 345 g/mol. The van der Waals surface area contributed by atoms with Gasteiger partial charge in [-0.1, -0.05) is 40.2 Å². The van der Waals surface area contributed by atoms with Crippen LogP contribution in [0.15, 0.2) is 46.9 Å². The molecule has 0 aromatic heterocycles. The molecule has 1 N–H and O–H groups in total. The van der Waals surface area contributed by atoms with E-state index in [0.29, 0.717) is 6.04 Å². The molecule has 0 radical (unpaired) electrons. The molecule has 0 aliphatic carbocycles. The summed E-state index contributed by atoms with van der Waals surface area (Å²) in [6.45, 7) is 4.02. The first-order chi connectivity index (χ1) is 10.2. The summed E-state index contributed by atoms with van der Waals surface area (Å²) in [5.41, 5.74) is 4.05. The van der Waals surface area contributed by atoms with Gasteiger partial charge in [-0.05, 0) is 54.8 Å². The summed E-state index contributed by atoms with van der Waals surface area (Å²) in [4.78, 5) is 0. The largest absolute Gasteiger partial charge is 0.493 e. The van der Waals surface area contributed by atoms with Gasteiger partial charge in [-0.2, -0.15) is 0 Å². The zero-order valence-corrected chi connectivity index (χ0v) is 13.8. The molecule has 0 unspecified atom stereocenters. The lowest BCUT2D eigenvalue weighted by Crippen LogP contribution is -2.21. The molecule has 1 aliphatic rings. The number of halogens is 1. The SMILES string of the molecule is C[C@H](NCCc1ccc2c(c1)CCO2)c1cccc(Br)c1. The molecule has 3 rings (SSSR count). The highest BCUT2D eigenvalue weighted by molar-refractivity contribution is 9.10. The third-order valence-corrected chi connectivity index (χ3v) is 4.46. The van der Waals surface area contributed by atoms with Crippen LogP contribution in [0.25, 0.3) is 0 Å². The van der Waals surface area contributed by atoms with Crippen molar-refractivity contribution >= 4 is 15.9 Å². The van der Waals surface area contributed by atoms with E-state index >= 15 is 0 Å². The minimum Gasteiger partial charge on any atom is -0.493 e. The van der Waals surface area contributed by atoms with Gasteiger partial charge in [0.05, 0.1) is 6.61 Å². The molecule has 0 bridgehead atoms. The molecule has 3 heteroatoms. The first-order valence-corrected chi connectivity index (χ1v) is 8.25. The average Bonchev–Trinajstić information content (AvgIpc) is 2.94. The third-order valence-electron chi connectivity index (χ3n) is 3.97. The minimum absolute atomic E-state index is 0.361. The van der Waals surface area contributed by atoms with Gasteiger partial charge < -0.3 is 10.1 Å². The van der Waals surface area contributed by atoms with Crippen LogP contribution in [-0.2, 0) is 12.8 Å². The Hall–Kier alpha value is -1.32. The second-order valence-electron chi connectivity index (χ2n) is 5.52. The first-order valence-electron chi connectivity index (χ1n) is 7.46. The molecular weight excluding hydrogens is 326 g/mol. The number of nitrogens with one attached hydrogen (secondary N) is 1. The Labute approximate surface area is 134 Å². The van der Waals surface area contributed by atoms with E-state index in [1.54, 1.807) is 0 Å². The molecule has 1 aliphatic heterocycles. The average molecular weight is 346 g/mol. The highest BCUT2D eigenvalue weighted by Gasteiger charge is 2.12. The Kier molecular flexibility index (Phi) is 4.61. The fraction of sp³-hybridized carbons (Fsp3) is 0.333. The predicted octanol–water partition coefficient (Wildman–Crippen LogP) is 4.28. The highest BCUT2D eigenvalue weighted by Crippen LogP contribution is 2.26. The number of ether oxygens (including phenoxy) is 1. The molecule has 1 atom stereocenters. The predicted molar refractivity (Wildman–Crippen MR) is 89.9 cm³/mol. The summed E-state index contributed by atoms with van der Waals surface area (Å²) in [5, 5.41) is 3.59. The van der Waals surface area contributed by atoms with Crippen molar-refractivity contribution in [2.45, 2.75) is 25.8 Å². The van der Waals surface area contributed by atoms with Gasteiger partial charge in [-0.15, -0.1) is 0 Å². The van der Waals surface area contributed by atoms with E-state index in [-0.39, 0.29) is 0 Å². The fourth-order valence-corrected chi connectivity index (χ4v) is 3.14. The van der Waals surface area contributed by atoms with Gasteiger partial charge in [0.1, 0.15) is 5.75 Å². The van der Waals surface area contributed by atoms with E-state index in [4.69, 9.17) is 4.74 Å². The Morgan fingerprint density at radius 1 is 1.24 bits per heavy atom. The van der Waals surface area contributed by atoms with Crippen LogP contribution in [0, 0.1) is 0 Å². The van der Waals surface area contributed by atoms with Crippen molar-refractivity contribution in [2.24, 2.45) is 0 Å². The minimum atomic E-state index is 0.361. The van der Waals surface area contributed by atoms with Gasteiger partial charge in [0.15, 0.2) is 0 Å². The molecule has 0 spiro atoms. The molecule has 0 amide bonds. The van der Waals surface area contributed by atoms with Crippen LogP contribution in [0.4, 0.5) is 0 Å². The maximum Gasteiger partial charge on any atom is 0.122 e. The molecule has 0 saturated carbocycles. The molecular formula is C18H20BrNO. The summed E-state index contributed by atoms with van der Waals surface area (Å²) in [5.74, 6) is 1.06. The van der Waals surface area contributed by atoms with Crippen LogP contribution in [0.1, 0.15) is 29.7 Å². The number of benzene rings is 2. The lowest BCUT2D eigenvalue weighted by atomic mass is 10.1. The van der Waals surface area contributed by atoms with Crippen LogP contribution >= 0.6 is 15.9 Å². The van der Waals surface area contributed by atoms with Crippen molar-refractivity contribution in [3.63, 3.8) is 0 Å². The van der Waals surface area contributed by atoms with Crippen LogP contribution < -0.4 is 10.1 Å². The lowest BCUT2D eigenvalue weighted by molar-refractivity contribution is 0.357. The van der Waals surface area contributed by atoms with Crippen LogP contribution in [-0.4, -0.2) is 13.2 Å². The number of rotatable bonds is 5. The fourth-order valence-electron chi connectivity index (χ4n) is 2.72. The summed E-state index contributed by atoms with van der Waals surface area (Å²) < 4.78 is 6.68. The van der Waals surface area contributed by atoms with Gasteiger partial charge >= 0.3 is 0 Å². The Balaban J connectivity index is 1.54. The van der Waals surface area contributed by atoms with Crippen molar-refractivity contribution in [2.75, 3.05) is 13.2 Å². The number of fused-ring (bicyclic) bond motifs is 1. The Morgan fingerprint density at radius 3 is 3.00 bits per heavy atom. The van der Waals surface area contributed by atoms with E-state index < -0.39 is 0 Å². The van der Waals surface area contributed by atoms with Gasteiger partial charge in [-0.25, -0.2) is 0 Å². The Bertz CT molecular complexity index is 626. The lowest BCUT2D eigenvalue weighted by Gasteiger charge is -2.14. The second-order valence-corrected chi connectivity index (χ2v) is 6.44. The third kappa shape index (κ3) is 3.66. The van der Waals surface area contributed by atoms with E-state index in [0.717, 1.165) is 36.2 Å². The molecule has 2 aromatic carbocycles. The van der Waals surface area contributed by atoms with E-state index in [1.807, 2.05) is 0 Å². The van der Waals surface area contributed by atoms with Crippen LogP contribution in [0.5, 0.6) is 5.75 Å². The number of hydrogen-bond donors (Lipinski definition) is 1. The summed E-state index contributed by atoms with van der Waals surface area (Å²) >= 11 is 3.52. The van der Waals surface area contributed by atoms with E-state index in [1.165, 1.54) is 16.7 Å². The quantitative estimate of drug-likeness (QED) is 0.873. The van der Waals surface area contributed by atoms with Gasteiger partial charge in [0, 0.05) is 16.9 Å². The van der Waals surface area contributed by atoms with Gasteiger partial charge in [0.25, 0.3) is 0 Å². The molecule has 1 heterocycles. The summed E-state index contributed by atoms with van der Waals surface area (Å²) in [7, 11) is 0. The van der Waals surface area contributed by atoms with Gasteiger partial charge in [-0.3, -0.25) is 0 Å². The maximum absolute atomic E-state index is 5.55. The zero-order valence-electron chi connectivity index (χ0n) is 12.2. The van der Waals surface area contributed by atoms with Crippen molar-refractivity contribution < 1.29 is 4.74 Å². The van der Waals surface area contributed by atoms with Gasteiger partial charge in [0.2, 0.25) is 0 Å². The van der Waals surface area contributed by atoms with E-state index in [2.05, 4.69) is 70.6 Å². The topological polar surface area (TPSA) is 21.3 Å². The summed E-state index contributed by atoms with van der Waals surface area (Å²) in [6, 6.07) is 15.4. The van der Waals surface area contributed by atoms with Crippen molar-refractivity contribution in [3.05, 3.63) is 63.6 Å². The summed E-state index contributed by atoms with van der Waals surface area (Å²) in [6.07, 6.45) is 2.09. The second kappa shape index (κ2) is 6.63. The van der Waals surface area contributed by atoms with Crippen molar-refractivity contribution in [1.82, 2.24) is 5.32 Å².